The topological polar surface area (TPSA) is 95.2 Å². The molecule has 3 N–H and O–H groups in total. The first-order chi connectivity index (χ1) is 12.3. The largest absolute Gasteiger partial charge is 0.381 e. The second-order valence-electron chi connectivity index (χ2n) is 5.69. The van der Waals surface area contributed by atoms with E-state index >= 15 is 0 Å². The van der Waals surface area contributed by atoms with E-state index < -0.39 is 0 Å². The molecule has 0 aliphatic rings. The Morgan fingerprint density at radius 2 is 1.96 bits per heavy atom. The highest BCUT2D eigenvalue weighted by atomic mass is 15.2. The van der Waals surface area contributed by atoms with Crippen molar-refractivity contribution >= 4 is 5.69 Å². The number of rotatable bonds is 5. The molecule has 3 heterocycles. The van der Waals surface area contributed by atoms with Crippen molar-refractivity contribution in [1.82, 2.24) is 30.4 Å². The highest BCUT2D eigenvalue weighted by molar-refractivity contribution is 5.64. The number of nitrogens with zero attached hydrogens (tertiary/aromatic N) is 4. The van der Waals surface area contributed by atoms with E-state index in [1.807, 2.05) is 55.7 Å². The fraction of sp³-hybridized carbons (Fsp3) is 0.111. The van der Waals surface area contributed by atoms with Crippen molar-refractivity contribution in [2.24, 2.45) is 0 Å². The number of aromatic amines is 2. The van der Waals surface area contributed by atoms with E-state index in [9.17, 15) is 0 Å². The molecule has 0 spiro atoms. The maximum Gasteiger partial charge on any atom is 0.181 e. The average Bonchev–Trinajstić information content (AvgIpc) is 3.30. The summed E-state index contributed by atoms with van der Waals surface area (Å²) in [6.45, 7) is 2.54. The lowest BCUT2D eigenvalue weighted by molar-refractivity contribution is 1.04. The average molecular weight is 331 g/mol. The van der Waals surface area contributed by atoms with Gasteiger partial charge in [-0.25, -0.2) is 4.98 Å². The van der Waals surface area contributed by atoms with Gasteiger partial charge in [0, 0.05) is 41.3 Å². The van der Waals surface area contributed by atoms with Gasteiger partial charge in [0.15, 0.2) is 5.82 Å². The number of nitrogens with one attached hydrogen (secondary N) is 3. The first-order valence-corrected chi connectivity index (χ1v) is 7.95. The van der Waals surface area contributed by atoms with Crippen LogP contribution in [0.5, 0.6) is 0 Å². The van der Waals surface area contributed by atoms with E-state index in [-0.39, 0.29) is 0 Å². The normalized spacial score (nSPS) is 10.8. The van der Waals surface area contributed by atoms with E-state index in [4.69, 9.17) is 0 Å². The van der Waals surface area contributed by atoms with Crippen molar-refractivity contribution in [3.8, 4) is 22.6 Å². The molecule has 0 bridgehead atoms. The van der Waals surface area contributed by atoms with E-state index in [2.05, 4.69) is 35.7 Å². The van der Waals surface area contributed by atoms with E-state index in [0.717, 1.165) is 33.9 Å². The minimum absolute atomic E-state index is 0.650. The molecule has 0 saturated carbocycles. The molecular formula is C18H17N7. The Labute approximate surface area is 144 Å². The molecule has 0 amide bonds. The van der Waals surface area contributed by atoms with Crippen LogP contribution in [0.4, 0.5) is 5.69 Å². The smallest absolute Gasteiger partial charge is 0.181 e. The predicted molar refractivity (Wildman–Crippen MR) is 95.7 cm³/mol. The molecule has 4 rings (SSSR count). The summed E-state index contributed by atoms with van der Waals surface area (Å²) >= 11 is 0. The molecule has 0 atom stereocenters. The second kappa shape index (κ2) is 6.56. The maximum atomic E-state index is 4.37. The van der Waals surface area contributed by atoms with Gasteiger partial charge in [0.2, 0.25) is 0 Å². The van der Waals surface area contributed by atoms with Gasteiger partial charge in [0.25, 0.3) is 0 Å². The number of H-pyrrole nitrogens is 2. The summed E-state index contributed by atoms with van der Waals surface area (Å²) in [6.07, 6.45) is 5.41. The first-order valence-electron chi connectivity index (χ1n) is 7.95. The number of aromatic nitrogens is 6. The van der Waals surface area contributed by atoms with Crippen LogP contribution in [-0.4, -0.2) is 30.4 Å². The Morgan fingerprint density at radius 1 is 1.04 bits per heavy atom. The van der Waals surface area contributed by atoms with Gasteiger partial charge in [-0.1, -0.05) is 12.1 Å². The third-order valence-electron chi connectivity index (χ3n) is 3.87. The lowest BCUT2D eigenvalue weighted by Gasteiger charge is -2.08. The lowest BCUT2D eigenvalue weighted by atomic mass is 10.1. The van der Waals surface area contributed by atoms with Crippen LogP contribution in [0.25, 0.3) is 22.6 Å². The second-order valence-corrected chi connectivity index (χ2v) is 5.69. The Bertz CT molecular complexity index is 972. The molecule has 0 radical (unpaired) electrons. The molecule has 1 aromatic carbocycles. The fourth-order valence-electron chi connectivity index (χ4n) is 2.64. The Kier molecular flexibility index (Phi) is 3.96. The Balaban J connectivity index is 1.52. The van der Waals surface area contributed by atoms with Crippen molar-refractivity contribution in [1.29, 1.82) is 0 Å². The van der Waals surface area contributed by atoms with Gasteiger partial charge in [-0.05, 0) is 31.2 Å². The van der Waals surface area contributed by atoms with Crippen LogP contribution >= 0.6 is 0 Å². The highest BCUT2D eigenvalue weighted by Crippen LogP contribution is 2.23. The number of hydrogen-bond donors (Lipinski definition) is 3. The molecule has 25 heavy (non-hydrogen) atoms. The zero-order valence-electron chi connectivity index (χ0n) is 13.7. The zero-order valence-corrected chi connectivity index (χ0v) is 13.7. The van der Waals surface area contributed by atoms with Gasteiger partial charge in [-0.3, -0.25) is 15.2 Å². The van der Waals surface area contributed by atoms with Gasteiger partial charge >= 0.3 is 0 Å². The molecule has 0 unspecified atom stereocenters. The summed E-state index contributed by atoms with van der Waals surface area (Å²) in [5.41, 5.74) is 5.03. The van der Waals surface area contributed by atoms with Crippen LogP contribution in [0.3, 0.4) is 0 Å². The molecule has 3 aromatic heterocycles. The molecule has 0 saturated heterocycles. The van der Waals surface area contributed by atoms with Gasteiger partial charge in [-0.2, -0.15) is 10.2 Å². The minimum atomic E-state index is 0.650. The van der Waals surface area contributed by atoms with Crippen LogP contribution < -0.4 is 5.32 Å². The monoisotopic (exact) mass is 331 g/mol. The first kappa shape index (κ1) is 15.1. The lowest BCUT2D eigenvalue weighted by Crippen LogP contribution is -2.00. The molecule has 0 aliphatic carbocycles. The molecule has 7 heteroatoms. The van der Waals surface area contributed by atoms with Crippen LogP contribution in [0.1, 0.15) is 11.4 Å². The summed E-state index contributed by atoms with van der Waals surface area (Å²) in [4.78, 5) is 8.53. The SMILES string of the molecule is Cc1nc(-c2cccc(NCc3cn[nH]c3-c3cccnc3)c2)n[nH]1. The number of aryl methyl sites for hydroxylation is 1. The van der Waals surface area contributed by atoms with Crippen molar-refractivity contribution < 1.29 is 0 Å². The molecule has 124 valence electrons. The number of benzene rings is 1. The van der Waals surface area contributed by atoms with E-state index in [1.165, 1.54) is 0 Å². The van der Waals surface area contributed by atoms with Crippen molar-refractivity contribution in [3.63, 3.8) is 0 Å². The van der Waals surface area contributed by atoms with Gasteiger partial charge in [0.05, 0.1) is 11.9 Å². The number of anilines is 1. The third kappa shape index (κ3) is 3.25. The van der Waals surface area contributed by atoms with E-state index in [0.29, 0.717) is 12.4 Å². The van der Waals surface area contributed by atoms with Crippen molar-refractivity contribution in [2.75, 3.05) is 5.32 Å². The van der Waals surface area contributed by atoms with Crippen molar-refractivity contribution in [3.05, 3.63) is 66.4 Å². The third-order valence-corrected chi connectivity index (χ3v) is 3.87. The minimum Gasteiger partial charge on any atom is -0.381 e. The van der Waals surface area contributed by atoms with E-state index in [1.54, 1.807) is 6.20 Å². The Morgan fingerprint density at radius 3 is 2.76 bits per heavy atom. The summed E-state index contributed by atoms with van der Waals surface area (Å²) in [5, 5.41) is 17.7. The summed E-state index contributed by atoms with van der Waals surface area (Å²) in [6, 6.07) is 12.0. The fourth-order valence-corrected chi connectivity index (χ4v) is 2.64. The van der Waals surface area contributed by atoms with Crippen LogP contribution in [0.2, 0.25) is 0 Å². The predicted octanol–water partition coefficient (Wildman–Crippen LogP) is 3.18. The van der Waals surface area contributed by atoms with Gasteiger partial charge in [-0.15, -0.1) is 0 Å². The maximum absolute atomic E-state index is 4.37. The molecule has 7 nitrogen and oxygen atoms in total. The molecular weight excluding hydrogens is 314 g/mol. The quantitative estimate of drug-likeness (QED) is 0.522. The van der Waals surface area contributed by atoms with Crippen LogP contribution in [-0.2, 0) is 6.54 Å². The van der Waals surface area contributed by atoms with Crippen LogP contribution in [0, 0.1) is 6.92 Å². The van der Waals surface area contributed by atoms with Crippen LogP contribution in [0.15, 0.2) is 55.0 Å². The van der Waals surface area contributed by atoms with Gasteiger partial charge in [0.1, 0.15) is 5.82 Å². The zero-order chi connectivity index (χ0) is 17.1. The summed E-state index contributed by atoms with van der Waals surface area (Å²) in [5.74, 6) is 1.49. The summed E-state index contributed by atoms with van der Waals surface area (Å²) < 4.78 is 0. The highest BCUT2D eigenvalue weighted by Gasteiger charge is 2.08. The Hall–Kier alpha value is -3.48. The van der Waals surface area contributed by atoms with Crippen molar-refractivity contribution in [2.45, 2.75) is 13.5 Å². The molecule has 0 fully saturated rings. The molecule has 0 aliphatic heterocycles. The van der Waals surface area contributed by atoms with Gasteiger partial charge < -0.3 is 5.32 Å². The summed E-state index contributed by atoms with van der Waals surface area (Å²) in [7, 11) is 0. The standard InChI is InChI=1S/C18H17N7/c1-12-22-18(25-23-12)13-4-2-6-16(8-13)20-10-15-11-21-24-17(15)14-5-3-7-19-9-14/h2-9,11,20H,10H2,1H3,(H,21,24)(H,22,23,25). The number of pyridine rings is 1. The number of hydrogen-bond acceptors (Lipinski definition) is 5. The molecule has 4 aromatic rings.